The average molecular weight is 360 g/mol. The molecule has 0 saturated heterocycles. The van der Waals surface area contributed by atoms with Crippen LogP contribution in [0.5, 0.6) is 5.75 Å². The molecule has 0 fully saturated rings. The van der Waals surface area contributed by atoms with E-state index in [-0.39, 0.29) is 11.7 Å². The summed E-state index contributed by atoms with van der Waals surface area (Å²) in [7, 11) is 1.52. The number of methoxy groups -OCH3 is 1. The minimum Gasteiger partial charge on any atom is -0.495 e. The lowest BCUT2D eigenvalue weighted by Crippen LogP contribution is -2.13. The number of halogens is 2. The molecule has 0 atom stereocenters. The zero-order valence-electron chi connectivity index (χ0n) is 13.6. The summed E-state index contributed by atoms with van der Waals surface area (Å²) in [4.78, 5) is 12.5. The molecule has 7 heteroatoms. The molecule has 1 amide bonds. The Hall–Kier alpha value is -2.86. The number of ether oxygens (including phenoxy) is 1. The standard InChI is InChI=1S/C18H15ClFN3O2/c1-11-15(10-21-23(11)14-6-3-12(20)4-7-14)18(24)22-13-5-8-17(25-2)16(19)9-13/h3-10H,1-2H3,(H,22,24). The first-order valence-corrected chi connectivity index (χ1v) is 7.83. The summed E-state index contributed by atoms with van der Waals surface area (Å²) < 4.78 is 19.7. The number of carbonyl (C=O) groups is 1. The Bertz CT molecular complexity index is 923. The Labute approximate surface area is 149 Å². The van der Waals surface area contributed by atoms with E-state index in [9.17, 15) is 9.18 Å². The lowest BCUT2D eigenvalue weighted by Gasteiger charge is -2.08. The van der Waals surface area contributed by atoms with Crippen molar-refractivity contribution in [3.05, 3.63) is 70.8 Å². The van der Waals surface area contributed by atoms with Crippen molar-refractivity contribution in [2.24, 2.45) is 0 Å². The summed E-state index contributed by atoms with van der Waals surface area (Å²) in [5.74, 6) is -0.116. The first kappa shape index (κ1) is 17.0. The monoisotopic (exact) mass is 359 g/mol. The quantitative estimate of drug-likeness (QED) is 0.758. The van der Waals surface area contributed by atoms with Crippen molar-refractivity contribution in [3.8, 4) is 11.4 Å². The predicted octanol–water partition coefficient (Wildman–Crippen LogP) is 4.23. The first-order chi connectivity index (χ1) is 12.0. The van der Waals surface area contributed by atoms with Gasteiger partial charge in [-0.3, -0.25) is 4.79 Å². The molecule has 1 N–H and O–H groups in total. The lowest BCUT2D eigenvalue weighted by molar-refractivity contribution is 0.102. The van der Waals surface area contributed by atoms with Crippen LogP contribution in [0.2, 0.25) is 5.02 Å². The van der Waals surface area contributed by atoms with Gasteiger partial charge in [0.15, 0.2) is 0 Å². The molecule has 0 aliphatic carbocycles. The van der Waals surface area contributed by atoms with E-state index >= 15 is 0 Å². The SMILES string of the molecule is COc1ccc(NC(=O)c2cnn(-c3ccc(F)cc3)c2C)cc1Cl. The minimum atomic E-state index is -0.331. The maximum atomic E-state index is 13.1. The fraction of sp³-hybridized carbons (Fsp3) is 0.111. The topological polar surface area (TPSA) is 56.1 Å². The molecule has 3 aromatic rings. The summed E-state index contributed by atoms with van der Waals surface area (Å²) in [6.45, 7) is 1.77. The van der Waals surface area contributed by atoms with Crippen molar-refractivity contribution in [2.75, 3.05) is 12.4 Å². The largest absolute Gasteiger partial charge is 0.495 e. The average Bonchev–Trinajstić information content (AvgIpc) is 2.97. The van der Waals surface area contributed by atoms with E-state index in [2.05, 4.69) is 10.4 Å². The van der Waals surface area contributed by atoms with Gasteiger partial charge in [-0.2, -0.15) is 5.10 Å². The molecule has 128 valence electrons. The summed E-state index contributed by atoms with van der Waals surface area (Å²) >= 11 is 6.06. The molecule has 0 radical (unpaired) electrons. The number of hydrogen-bond acceptors (Lipinski definition) is 3. The molecule has 0 bridgehead atoms. The normalized spacial score (nSPS) is 10.6. The van der Waals surface area contributed by atoms with Crippen LogP contribution in [0.15, 0.2) is 48.7 Å². The Morgan fingerprint density at radius 1 is 1.24 bits per heavy atom. The van der Waals surface area contributed by atoms with Crippen molar-refractivity contribution < 1.29 is 13.9 Å². The number of anilines is 1. The molecule has 0 spiro atoms. The van der Waals surface area contributed by atoms with Crippen LogP contribution in [0.4, 0.5) is 10.1 Å². The third-order valence-corrected chi connectivity index (χ3v) is 4.03. The van der Waals surface area contributed by atoms with Gasteiger partial charge >= 0.3 is 0 Å². The van der Waals surface area contributed by atoms with Crippen molar-refractivity contribution in [3.63, 3.8) is 0 Å². The van der Waals surface area contributed by atoms with Crippen LogP contribution in [0.1, 0.15) is 16.1 Å². The van der Waals surface area contributed by atoms with Crippen LogP contribution in [-0.4, -0.2) is 22.8 Å². The van der Waals surface area contributed by atoms with Crippen LogP contribution < -0.4 is 10.1 Å². The van der Waals surface area contributed by atoms with E-state index in [1.165, 1.54) is 25.4 Å². The zero-order valence-corrected chi connectivity index (χ0v) is 14.3. The van der Waals surface area contributed by atoms with E-state index in [1.807, 2.05) is 0 Å². The number of benzene rings is 2. The zero-order chi connectivity index (χ0) is 18.0. The minimum absolute atomic E-state index is 0.313. The smallest absolute Gasteiger partial charge is 0.259 e. The van der Waals surface area contributed by atoms with Crippen molar-refractivity contribution in [1.82, 2.24) is 9.78 Å². The van der Waals surface area contributed by atoms with Crippen LogP contribution in [0.25, 0.3) is 5.69 Å². The van der Waals surface area contributed by atoms with Gasteiger partial charge in [0.2, 0.25) is 0 Å². The fourth-order valence-electron chi connectivity index (χ4n) is 2.42. The summed E-state index contributed by atoms with van der Waals surface area (Å²) in [6.07, 6.45) is 1.47. The van der Waals surface area contributed by atoms with Crippen molar-refractivity contribution >= 4 is 23.2 Å². The third-order valence-electron chi connectivity index (χ3n) is 3.74. The maximum Gasteiger partial charge on any atom is 0.259 e. The molecule has 0 aliphatic rings. The van der Waals surface area contributed by atoms with Gasteiger partial charge in [-0.1, -0.05) is 11.6 Å². The molecule has 1 aromatic heterocycles. The van der Waals surface area contributed by atoms with E-state index in [0.717, 1.165) is 0 Å². The Morgan fingerprint density at radius 2 is 1.96 bits per heavy atom. The highest BCUT2D eigenvalue weighted by Gasteiger charge is 2.16. The summed E-state index contributed by atoms with van der Waals surface area (Å²) in [6, 6.07) is 10.9. The van der Waals surface area contributed by atoms with Gasteiger partial charge < -0.3 is 10.1 Å². The number of aromatic nitrogens is 2. The highest BCUT2D eigenvalue weighted by atomic mass is 35.5. The Morgan fingerprint density at radius 3 is 2.60 bits per heavy atom. The van der Waals surface area contributed by atoms with E-state index in [1.54, 1.807) is 41.9 Å². The second kappa shape index (κ2) is 6.94. The van der Waals surface area contributed by atoms with E-state index < -0.39 is 0 Å². The molecule has 0 unspecified atom stereocenters. The number of nitrogens with one attached hydrogen (secondary N) is 1. The van der Waals surface area contributed by atoms with Gasteiger partial charge in [-0.25, -0.2) is 9.07 Å². The lowest BCUT2D eigenvalue weighted by atomic mass is 10.2. The molecule has 2 aromatic carbocycles. The number of nitrogens with zero attached hydrogens (tertiary/aromatic N) is 2. The molecule has 1 heterocycles. The molecule has 5 nitrogen and oxygen atoms in total. The highest BCUT2D eigenvalue weighted by Crippen LogP contribution is 2.27. The van der Waals surface area contributed by atoms with Gasteiger partial charge in [-0.15, -0.1) is 0 Å². The molecular formula is C18H15ClFN3O2. The van der Waals surface area contributed by atoms with Gasteiger partial charge in [0.25, 0.3) is 5.91 Å². The fourth-order valence-corrected chi connectivity index (χ4v) is 2.68. The first-order valence-electron chi connectivity index (χ1n) is 7.45. The Balaban J connectivity index is 1.83. The second-order valence-corrected chi connectivity index (χ2v) is 5.74. The van der Waals surface area contributed by atoms with Crippen molar-refractivity contribution in [2.45, 2.75) is 6.92 Å². The molecule has 0 aliphatic heterocycles. The molecule has 25 heavy (non-hydrogen) atoms. The number of amides is 1. The predicted molar refractivity (Wildman–Crippen MR) is 94.2 cm³/mol. The van der Waals surface area contributed by atoms with Gasteiger partial charge in [0.1, 0.15) is 11.6 Å². The van der Waals surface area contributed by atoms with Crippen LogP contribution in [0, 0.1) is 12.7 Å². The Kier molecular flexibility index (Phi) is 4.72. The summed E-state index contributed by atoms with van der Waals surface area (Å²) in [5, 5.41) is 7.39. The van der Waals surface area contributed by atoms with Crippen molar-refractivity contribution in [1.29, 1.82) is 0 Å². The maximum absolute atomic E-state index is 13.1. The highest BCUT2D eigenvalue weighted by molar-refractivity contribution is 6.32. The van der Waals surface area contributed by atoms with Crippen LogP contribution in [-0.2, 0) is 0 Å². The third kappa shape index (κ3) is 3.49. The van der Waals surface area contributed by atoms with Crippen LogP contribution in [0.3, 0.4) is 0 Å². The van der Waals surface area contributed by atoms with E-state index in [0.29, 0.717) is 33.4 Å². The van der Waals surface area contributed by atoms with E-state index in [4.69, 9.17) is 16.3 Å². The molecule has 3 rings (SSSR count). The number of carbonyl (C=O) groups excluding carboxylic acids is 1. The second-order valence-electron chi connectivity index (χ2n) is 5.34. The van der Waals surface area contributed by atoms with Gasteiger partial charge in [0, 0.05) is 5.69 Å². The van der Waals surface area contributed by atoms with Gasteiger partial charge in [0.05, 0.1) is 35.3 Å². The number of hydrogen-bond donors (Lipinski definition) is 1. The van der Waals surface area contributed by atoms with Gasteiger partial charge in [-0.05, 0) is 49.4 Å². The van der Waals surface area contributed by atoms with Crippen LogP contribution >= 0.6 is 11.6 Å². The molecular weight excluding hydrogens is 345 g/mol. The number of rotatable bonds is 4. The molecule has 0 saturated carbocycles. The summed E-state index contributed by atoms with van der Waals surface area (Å²) in [5.41, 5.74) is 2.27.